The molecule has 1 aliphatic rings. The highest BCUT2D eigenvalue weighted by atomic mass is 16.6. The summed E-state index contributed by atoms with van der Waals surface area (Å²) >= 11 is 0. The lowest BCUT2D eigenvalue weighted by Gasteiger charge is -2.11. The molecule has 0 atom stereocenters. The number of aliphatic imine (C=N–C) groups is 1. The fraction of sp³-hybridized carbons (Fsp3) is 0.0800. The van der Waals surface area contributed by atoms with E-state index in [1.165, 1.54) is 7.11 Å². The van der Waals surface area contributed by atoms with Crippen LogP contribution < -0.4 is 14.8 Å². The molecule has 0 saturated carbocycles. The van der Waals surface area contributed by atoms with Gasteiger partial charge in [0.25, 0.3) is 5.91 Å². The second-order valence-corrected chi connectivity index (χ2v) is 6.82. The summed E-state index contributed by atoms with van der Waals surface area (Å²) in [6, 6.07) is 23.4. The zero-order chi connectivity index (χ0) is 22.3. The standard InChI is InChI=1S/C25H20N2O5/c1-30-22-15-17(14-20-25(29)32-24(27-20)18-8-4-2-5-9-18)12-13-21(22)31-16-23(28)26-19-10-6-3-7-11-19/h2-15H,16H2,1H3,(H,26,28)/b20-14-. The van der Waals surface area contributed by atoms with Crippen LogP contribution in [0.5, 0.6) is 11.5 Å². The van der Waals surface area contributed by atoms with Gasteiger partial charge in [0, 0.05) is 11.3 Å². The van der Waals surface area contributed by atoms with Gasteiger partial charge in [-0.3, -0.25) is 4.79 Å². The molecule has 1 amide bonds. The summed E-state index contributed by atoms with van der Waals surface area (Å²) in [5, 5.41) is 2.75. The molecule has 3 aromatic carbocycles. The predicted molar refractivity (Wildman–Crippen MR) is 121 cm³/mol. The number of ether oxygens (including phenoxy) is 3. The highest BCUT2D eigenvalue weighted by molar-refractivity contribution is 6.12. The Labute approximate surface area is 185 Å². The van der Waals surface area contributed by atoms with E-state index in [0.29, 0.717) is 22.7 Å². The van der Waals surface area contributed by atoms with Gasteiger partial charge in [-0.25, -0.2) is 9.79 Å². The molecule has 4 rings (SSSR count). The van der Waals surface area contributed by atoms with Gasteiger partial charge in [-0.2, -0.15) is 0 Å². The number of nitrogens with one attached hydrogen (secondary N) is 1. The van der Waals surface area contributed by atoms with E-state index in [9.17, 15) is 9.59 Å². The summed E-state index contributed by atoms with van der Waals surface area (Å²) in [6.07, 6.45) is 1.60. The Morgan fingerprint density at radius 3 is 2.44 bits per heavy atom. The fourth-order valence-corrected chi connectivity index (χ4v) is 3.03. The van der Waals surface area contributed by atoms with E-state index >= 15 is 0 Å². The zero-order valence-electron chi connectivity index (χ0n) is 17.3. The molecule has 0 radical (unpaired) electrons. The molecule has 32 heavy (non-hydrogen) atoms. The molecular formula is C25H20N2O5. The Hall–Kier alpha value is -4.39. The highest BCUT2D eigenvalue weighted by Crippen LogP contribution is 2.30. The van der Waals surface area contributed by atoms with Crippen molar-refractivity contribution in [2.75, 3.05) is 19.0 Å². The number of nitrogens with zero attached hydrogens (tertiary/aromatic N) is 1. The number of anilines is 1. The van der Waals surface area contributed by atoms with E-state index in [4.69, 9.17) is 14.2 Å². The number of methoxy groups -OCH3 is 1. The summed E-state index contributed by atoms with van der Waals surface area (Å²) in [7, 11) is 1.50. The monoisotopic (exact) mass is 428 g/mol. The van der Waals surface area contributed by atoms with Crippen LogP contribution in [0.4, 0.5) is 5.69 Å². The number of rotatable bonds is 7. The van der Waals surface area contributed by atoms with Crippen LogP contribution in [0.3, 0.4) is 0 Å². The maximum atomic E-state index is 12.2. The number of esters is 1. The van der Waals surface area contributed by atoms with E-state index in [2.05, 4.69) is 10.3 Å². The van der Waals surface area contributed by atoms with E-state index in [1.54, 1.807) is 36.4 Å². The average molecular weight is 428 g/mol. The van der Waals surface area contributed by atoms with Crippen LogP contribution in [0.25, 0.3) is 6.08 Å². The van der Waals surface area contributed by atoms with Crippen molar-refractivity contribution in [1.82, 2.24) is 0 Å². The second kappa shape index (κ2) is 9.61. The van der Waals surface area contributed by atoms with Crippen LogP contribution in [0.1, 0.15) is 11.1 Å². The molecule has 0 saturated heterocycles. The van der Waals surface area contributed by atoms with Gasteiger partial charge in [-0.05, 0) is 48.0 Å². The smallest absolute Gasteiger partial charge is 0.363 e. The molecule has 0 aliphatic carbocycles. The molecule has 0 aromatic heterocycles. The van der Waals surface area contributed by atoms with Crippen molar-refractivity contribution in [1.29, 1.82) is 0 Å². The summed E-state index contributed by atoms with van der Waals surface area (Å²) in [6.45, 7) is -0.178. The molecule has 160 valence electrons. The molecule has 3 aromatic rings. The Kier molecular flexibility index (Phi) is 6.27. The summed E-state index contributed by atoms with van der Waals surface area (Å²) in [5.74, 6) is 0.269. The number of amides is 1. The third-order valence-corrected chi connectivity index (χ3v) is 4.55. The molecule has 0 spiro atoms. The van der Waals surface area contributed by atoms with Crippen LogP contribution in [-0.4, -0.2) is 31.5 Å². The van der Waals surface area contributed by atoms with Crippen molar-refractivity contribution in [3.63, 3.8) is 0 Å². The topological polar surface area (TPSA) is 86.2 Å². The van der Waals surface area contributed by atoms with Crippen molar-refractivity contribution >= 4 is 29.5 Å². The van der Waals surface area contributed by atoms with Gasteiger partial charge in [-0.15, -0.1) is 0 Å². The van der Waals surface area contributed by atoms with Crippen LogP contribution >= 0.6 is 0 Å². The number of hydrogen-bond acceptors (Lipinski definition) is 6. The number of carbonyl (C=O) groups excluding carboxylic acids is 2. The SMILES string of the molecule is COc1cc(/C=C2\N=C(c3ccccc3)OC2=O)ccc1OCC(=O)Nc1ccccc1. The minimum absolute atomic E-state index is 0.178. The van der Waals surface area contributed by atoms with Crippen LogP contribution in [0.2, 0.25) is 0 Å². The van der Waals surface area contributed by atoms with Crippen molar-refractivity contribution in [3.05, 3.63) is 95.7 Å². The Bertz CT molecular complexity index is 1190. The first-order valence-electron chi connectivity index (χ1n) is 9.86. The highest BCUT2D eigenvalue weighted by Gasteiger charge is 2.24. The molecular weight excluding hydrogens is 408 g/mol. The van der Waals surface area contributed by atoms with Crippen LogP contribution in [0.15, 0.2) is 89.6 Å². The molecule has 7 nitrogen and oxygen atoms in total. The summed E-state index contributed by atoms with van der Waals surface area (Å²) < 4.78 is 16.3. The number of hydrogen-bond donors (Lipinski definition) is 1. The fourth-order valence-electron chi connectivity index (χ4n) is 3.03. The van der Waals surface area contributed by atoms with Crippen molar-refractivity contribution in [2.45, 2.75) is 0 Å². The minimum atomic E-state index is -0.527. The molecule has 1 heterocycles. The maximum Gasteiger partial charge on any atom is 0.363 e. The van der Waals surface area contributed by atoms with Gasteiger partial charge in [-0.1, -0.05) is 42.5 Å². The van der Waals surface area contributed by atoms with Crippen molar-refractivity contribution < 1.29 is 23.8 Å². The molecule has 1 N–H and O–H groups in total. The average Bonchev–Trinajstić information content (AvgIpc) is 3.19. The zero-order valence-corrected chi connectivity index (χ0v) is 17.3. The Morgan fingerprint density at radius 2 is 1.72 bits per heavy atom. The van der Waals surface area contributed by atoms with Gasteiger partial charge in [0.05, 0.1) is 7.11 Å². The van der Waals surface area contributed by atoms with Crippen molar-refractivity contribution in [3.8, 4) is 11.5 Å². The van der Waals surface area contributed by atoms with Crippen LogP contribution in [0, 0.1) is 0 Å². The predicted octanol–water partition coefficient (Wildman–Crippen LogP) is 4.06. The molecule has 0 bridgehead atoms. The molecule has 1 aliphatic heterocycles. The van der Waals surface area contributed by atoms with E-state index in [-0.39, 0.29) is 24.1 Å². The first kappa shape index (κ1) is 20.9. The lowest BCUT2D eigenvalue weighted by molar-refractivity contribution is -0.130. The third kappa shape index (κ3) is 5.02. The Morgan fingerprint density at radius 1 is 1.00 bits per heavy atom. The lowest BCUT2D eigenvalue weighted by Crippen LogP contribution is -2.20. The first-order chi connectivity index (χ1) is 15.6. The number of benzene rings is 3. The number of carbonyl (C=O) groups is 2. The Balaban J connectivity index is 1.46. The van der Waals surface area contributed by atoms with Crippen molar-refractivity contribution in [2.24, 2.45) is 4.99 Å². The molecule has 7 heteroatoms. The van der Waals surface area contributed by atoms with Gasteiger partial charge >= 0.3 is 5.97 Å². The van der Waals surface area contributed by atoms with Gasteiger partial charge in [0.15, 0.2) is 23.8 Å². The van der Waals surface area contributed by atoms with E-state index in [1.807, 2.05) is 48.5 Å². The van der Waals surface area contributed by atoms with Crippen LogP contribution in [-0.2, 0) is 14.3 Å². The van der Waals surface area contributed by atoms with Gasteiger partial charge in [0.2, 0.25) is 5.90 Å². The quantitative estimate of drug-likeness (QED) is 0.453. The molecule has 0 fully saturated rings. The normalized spacial score (nSPS) is 14.0. The molecule has 0 unspecified atom stereocenters. The summed E-state index contributed by atoms with van der Waals surface area (Å²) in [5.41, 5.74) is 2.27. The summed E-state index contributed by atoms with van der Waals surface area (Å²) in [4.78, 5) is 28.6. The number of cyclic esters (lactones) is 1. The third-order valence-electron chi connectivity index (χ3n) is 4.55. The second-order valence-electron chi connectivity index (χ2n) is 6.82. The first-order valence-corrected chi connectivity index (χ1v) is 9.86. The number of para-hydroxylation sites is 1. The van der Waals surface area contributed by atoms with E-state index < -0.39 is 5.97 Å². The largest absolute Gasteiger partial charge is 0.493 e. The van der Waals surface area contributed by atoms with Gasteiger partial charge in [0.1, 0.15) is 0 Å². The van der Waals surface area contributed by atoms with E-state index in [0.717, 1.165) is 5.56 Å². The minimum Gasteiger partial charge on any atom is -0.493 e. The van der Waals surface area contributed by atoms with Gasteiger partial charge < -0.3 is 19.5 Å². The maximum absolute atomic E-state index is 12.2. The lowest BCUT2D eigenvalue weighted by atomic mass is 10.1.